The van der Waals surface area contributed by atoms with Gasteiger partial charge in [0.2, 0.25) is 5.13 Å². The molecule has 2 unspecified atom stereocenters. The third-order valence-corrected chi connectivity index (χ3v) is 4.51. The minimum Gasteiger partial charge on any atom is -0.218 e. The summed E-state index contributed by atoms with van der Waals surface area (Å²) in [5.74, 6) is 0. The van der Waals surface area contributed by atoms with Crippen molar-refractivity contribution >= 4 is 52.0 Å². The van der Waals surface area contributed by atoms with Gasteiger partial charge in [-0.05, 0) is 17.2 Å². The summed E-state index contributed by atoms with van der Waals surface area (Å²) in [7, 11) is 0. The summed E-state index contributed by atoms with van der Waals surface area (Å²) in [4.78, 5) is 0. The molecule has 0 radical (unpaired) electrons. The lowest BCUT2D eigenvalue weighted by molar-refractivity contribution is 0.348. The second-order valence-corrected chi connectivity index (χ2v) is 5.38. The van der Waals surface area contributed by atoms with E-state index in [9.17, 15) is 4.39 Å². The summed E-state index contributed by atoms with van der Waals surface area (Å²) in [5, 5.41) is -3.66. The monoisotopic (exact) mass is 310 g/mol. The quantitative estimate of drug-likeness (QED) is 0.619. The van der Waals surface area contributed by atoms with Crippen LogP contribution < -0.4 is 0 Å². The van der Waals surface area contributed by atoms with Gasteiger partial charge in [0.15, 0.2) is 0 Å². The van der Waals surface area contributed by atoms with Gasteiger partial charge in [-0.2, -0.15) is 0 Å². The van der Waals surface area contributed by atoms with Crippen molar-refractivity contribution in [3.8, 4) is 0 Å². The Bertz CT molecular complexity index is 490. The molecule has 5 heteroatoms. The first kappa shape index (κ1) is 13.2. The first-order valence-corrected chi connectivity index (χ1v) is 6.36. The van der Waals surface area contributed by atoms with Gasteiger partial charge >= 0.3 is 0 Å². The molecule has 0 aromatic heterocycles. The van der Waals surface area contributed by atoms with Crippen LogP contribution in [-0.2, 0) is 0 Å². The second kappa shape index (κ2) is 4.81. The maximum Gasteiger partial charge on any atom is 0.240 e. The molecule has 0 spiro atoms. The number of alkyl halides is 3. The van der Waals surface area contributed by atoms with Gasteiger partial charge in [0.1, 0.15) is 5.38 Å². The number of rotatable bonds is 1. The zero-order chi connectivity index (χ0) is 12.6. The lowest BCUT2D eigenvalue weighted by Crippen LogP contribution is -2.32. The fourth-order valence-electron chi connectivity index (χ4n) is 1.60. The Labute approximate surface area is 119 Å². The van der Waals surface area contributed by atoms with Crippen LogP contribution >= 0.6 is 46.4 Å². The van der Waals surface area contributed by atoms with E-state index in [0.29, 0.717) is 5.57 Å². The highest BCUT2D eigenvalue weighted by Gasteiger charge is 2.45. The molecule has 2 rings (SSSR count). The fraction of sp³-hybridized carbons (Fsp3) is 0.167. The molecule has 0 heterocycles. The van der Waals surface area contributed by atoms with Gasteiger partial charge in [0, 0.05) is 0 Å². The van der Waals surface area contributed by atoms with Crippen LogP contribution in [0.2, 0.25) is 0 Å². The average molecular weight is 312 g/mol. The second-order valence-electron chi connectivity index (χ2n) is 3.61. The molecule has 1 aromatic rings. The van der Waals surface area contributed by atoms with E-state index in [4.69, 9.17) is 46.4 Å². The van der Waals surface area contributed by atoms with E-state index < -0.39 is 10.5 Å². The summed E-state index contributed by atoms with van der Waals surface area (Å²) in [5.41, 5.74) is 1.27. The first-order chi connectivity index (χ1) is 7.94. The molecule has 0 aliphatic heterocycles. The standard InChI is InChI=1S/C12H7Cl4F/c13-9-6-8(7-4-2-1-3-5-7)10(14)12(16,17)11(9)15/h1-6,10H. The van der Waals surface area contributed by atoms with Gasteiger partial charge in [-0.1, -0.05) is 65.1 Å². The highest BCUT2D eigenvalue weighted by molar-refractivity contribution is 6.49. The van der Waals surface area contributed by atoms with Gasteiger partial charge in [0.05, 0.1) is 10.1 Å². The lowest BCUT2D eigenvalue weighted by Gasteiger charge is -2.29. The van der Waals surface area contributed by atoms with Crippen molar-refractivity contribution in [2.75, 3.05) is 0 Å². The number of allylic oxidation sites excluding steroid dienone is 4. The highest BCUT2D eigenvalue weighted by atomic mass is 35.5. The van der Waals surface area contributed by atoms with Gasteiger partial charge in [-0.25, -0.2) is 4.39 Å². The molecule has 0 fully saturated rings. The van der Waals surface area contributed by atoms with Crippen molar-refractivity contribution in [3.05, 3.63) is 52.0 Å². The Hall–Kier alpha value is -0.210. The van der Waals surface area contributed by atoms with E-state index >= 15 is 0 Å². The largest absolute Gasteiger partial charge is 0.240 e. The van der Waals surface area contributed by atoms with Crippen LogP contribution in [0, 0.1) is 0 Å². The van der Waals surface area contributed by atoms with Crippen molar-refractivity contribution in [1.29, 1.82) is 0 Å². The summed E-state index contributed by atoms with van der Waals surface area (Å²) in [6.45, 7) is 0. The molecule has 1 aliphatic rings. The zero-order valence-electron chi connectivity index (χ0n) is 8.43. The van der Waals surface area contributed by atoms with Crippen LogP contribution in [-0.4, -0.2) is 10.5 Å². The molecule has 0 saturated heterocycles. The van der Waals surface area contributed by atoms with Crippen molar-refractivity contribution < 1.29 is 4.39 Å². The summed E-state index contributed by atoms with van der Waals surface area (Å²) < 4.78 is 14.2. The Morgan fingerprint density at radius 1 is 1.12 bits per heavy atom. The van der Waals surface area contributed by atoms with Gasteiger partial charge < -0.3 is 0 Å². The Morgan fingerprint density at radius 2 is 1.71 bits per heavy atom. The van der Waals surface area contributed by atoms with E-state index in [1.807, 2.05) is 18.2 Å². The molecular formula is C12H7Cl4F. The van der Waals surface area contributed by atoms with E-state index in [1.54, 1.807) is 12.1 Å². The van der Waals surface area contributed by atoms with E-state index in [0.717, 1.165) is 5.56 Å². The van der Waals surface area contributed by atoms with Crippen molar-refractivity contribution in [2.45, 2.75) is 10.5 Å². The molecule has 0 amide bonds. The van der Waals surface area contributed by atoms with Gasteiger partial charge in [-0.15, -0.1) is 11.6 Å². The molecular weight excluding hydrogens is 305 g/mol. The number of halogens is 5. The van der Waals surface area contributed by atoms with Crippen molar-refractivity contribution in [2.24, 2.45) is 0 Å². The molecule has 1 aliphatic carbocycles. The Balaban J connectivity index is 2.53. The van der Waals surface area contributed by atoms with Crippen molar-refractivity contribution in [1.82, 2.24) is 0 Å². The molecule has 0 bridgehead atoms. The highest BCUT2D eigenvalue weighted by Crippen LogP contribution is 2.48. The first-order valence-electron chi connectivity index (χ1n) is 4.79. The Morgan fingerprint density at radius 3 is 2.29 bits per heavy atom. The van der Waals surface area contributed by atoms with Crippen LogP contribution in [0.3, 0.4) is 0 Å². The van der Waals surface area contributed by atoms with Crippen LogP contribution in [0.4, 0.5) is 4.39 Å². The molecule has 0 nitrogen and oxygen atoms in total. The van der Waals surface area contributed by atoms with E-state index in [1.165, 1.54) is 6.08 Å². The third-order valence-electron chi connectivity index (χ3n) is 2.48. The summed E-state index contributed by atoms with van der Waals surface area (Å²) in [6.07, 6.45) is 1.54. The van der Waals surface area contributed by atoms with Crippen LogP contribution in [0.1, 0.15) is 5.56 Å². The maximum atomic E-state index is 14.2. The topological polar surface area (TPSA) is 0 Å². The molecule has 0 saturated carbocycles. The van der Waals surface area contributed by atoms with Gasteiger partial charge in [0.25, 0.3) is 0 Å². The SMILES string of the molecule is FC1(Cl)C(Cl)=C(Cl)C=C(c2ccccc2)C1Cl. The predicted octanol–water partition coefficient (Wildman–Crippen LogP) is 5.28. The smallest absolute Gasteiger partial charge is 0.218 e. The summed E-state index contributed by atoms with van der Waals surface area (Å²) in [6, 6.07) is 9.10. The van der Waals surface area contributed by atoms with Crippen molar-refractivity contribution in [3.63, 3.8) is 0 Å². The van der Waals surface area contributed by atoms with Crippen LogP contribution in [0.15, 0.2) is 46.5 Å². The normalized spacial score (nSPS) is 29.2. The Kier molecular flexibility index (Phi) is 3.74. The van der Waals surface area contributed by atoms with Crippen LogP contribution in [0.5, 0.6) is 0 Å². The van der Waals surface area contributed by atoms with E-state index in [-0.39, 0.29) is 10.1 Å². The number of benzene rings is 1. The number of hydrogen-bond donors (Lipinski definition) is 0. The van der Waals surface area contributed by atoms with E-state index in [2.05, 4.69) is 0 Å². The molecule has 17 heavy (non-hydrogen) atoms. The number of hydrogen-bond acceptors (Lipinski definition) is 0. The molecule has 0 N–H and O–H groups in total. The molecule has 90 valence electrons. The fourth-order valence-corrected chi connectivity index (χ4v) is 2.64. The third kappa shape index (κ3) is 2.34. The van der Waals surface area contributed by atoms with Crippen LogP contribution in [0.25, 0.3) is 5.57 Å². The molecule has 1 aromatic carbocycles. The lowest BCUT2D eigenvalue weighted by atomic mass is 9.95. The van der Waals surface area contributed by atoms with Gasteiger partial charge in [-0.3, -0.25) is 0 Å². The summed E-state index contributed by atoms with van der Waals surface area (Å²) >= 11 is 23.3. The maximum absolute atomic E-state index is 14.2. The molecule has 2 atom stereocenters. The average Bonchev–Trinajstić information content (AvgIpc) is 2.33. The zero-order valence-corrected chi connectivity index (χ0v) is 11.5. The predicted molar refractivity (Wildman–Crippen MR) is 72.5 cm³/mol. The minimum absolute atomic E-state index is 0.0694. The minimum atomic E-state index is -2.37.